The van der Waals surface area contributed by atoms with Gasteiger partial charge in [-0.3, -0.25) is 4.79 Å². The molecule has 2 fully saturated rings. The molecule has 1 amide bonds. The van der Waals surface area contributed by atoms with E-state index in [0.717, 1.165) is 44.5 Å². The molecule has 1 aliphatic carbocycles. The van der Waals surface area contributed by atoms with Crippen LogP contribution in [0.2, 0.25) is 5.02 Å². The Hall–Kier alpha value is -1.26. The third-order valence-electron chi connectivity index (χ3n) is 4.93. The number of carbonyl (C=O) groups excluding carboxylic acids is 1. The van der Waals surface area contributed by atoms with Crippen molar-refractivity contribution in [1.82, 2.24) is 10.2 Å². The topological polar surface area (TPSA) is 41.6 Å². The Morgan fingerprint density at radius 1 is 1.39 bits per heavy atom. The molecule has 1 aromatic rings. The molecule has 0 bridgehead atoms. The summed E-state index contributed by atoms with van der Waals surface area (Å²) in [4.78, 5) is 14.2. The van der Waals surface area contributed by atoms with Gasteiger partial charge in [0.25, 0.3) is 0 Å². The van der Waals surface area contributed by atoms with Gasteiger partial charge in [-0.25, -0.2) is 0 Å². The normalized spacial score (nSPS) is 24.6. The Bertz CT molecular complexity index is 574. The molecule has 23 heavy (non-hydrogen) atoms. The molecule has 5 heteroatoms. The highest BCUT2D eigenvalue weighted by Crippen LogP contribution is 2.32. The van der Waals surface area contributed by atoms with Crippen LogP contribution in [0.4, 0.5) is 0 Å². The molecular weight excluding hydrogens is 312 g/mol. The van der Waals surface area contributed by atoms with Gasteiger partial charge < -0.3 is 15.0 Å². The van der Waals surface area contributed by atoms with E-state index in [1.807, 2.05) is 18.2 Å². The van der Waals surface area contributed by atoms with Crippen LogP contribution in [0, 0.1) is 11.8 Å². The van der Waals surface area contributed by atoms with Crippen LogP contribution in [0.15, 0.2) is 18.2 Å². The molecule has 1 heterocycles. The minimum Gasteiger partial charge on any atom is -0.495 e. The maximum Gasteiger partial charge on any atom is 0.225 e. The molecule has 2 aliphatic rings. The predicted octanol–water partition coefficient (Wildman–Crippen LogP) is 3.09. The number of nitrogens with zero attached hydrogens (tertiary/aromatic N) is 1. The first-order valence-corrected chi connectivity index (χ1v) is 8.81. The van der Waals surface area contributed by atoms with Gasteiger partial charge in [0.1, 0.15) is 5.75 Å². The van der Waals surface area contributed by atoms with Crippen LogP contribution in [-0.4, -0.2) is 37.0 Å². The highest BCUT2D eigenvalue weighted by molar-refractivity contribution is 6.32. The van der Waals surface area contributed by atoms with Gasteiger partial charge >= 0.3 is 0 Å². The van der Waals surface area contributed by atoms with Crippen LogP contribution in [0.1, 0.15) is 31.7 Å². The van der Waals surface area contributed by atoms with Crippen LogP contribution in [0.25, 0.3) is 0 Å². The average Bonchev–Trinajstić information content (AvgIpc) is 3.38. The fourth-order valence-corrected chi connectivity index (χ4v) is 3.59. The van der Waals surface area contributed by atoms with Gasteiger partial charge in [-0.1, -0.05) is 24.6 Å². The molecular formula is C18H25ClN2O2. The maximum absolute atomic E-state index is 12.2. The number of carbonyl (C=O) groups is 1. The predicted molar refractivity (Wildman–Crippen MR) is 91.7 cm³/mol. The minimum atomic E-state index is 0.327. The smallest absolute Gasteiger partial charge is 0.225 e. The summed E-state index contributed by atoms with van der Waals surface area (Å²) in [6, 6.07) is 6.33. The standard InChI is InChI=1S/C18H25ClN2O2/c1-12-11-21(18(22)14-4-5-14)8-7-16(12)20-10-13-3-6-17(23-2)15(19)9-13/h3,6,9,12,14,16,20H,4-5,7-8,10-11H2,1-2H3/t12-,16-/m1/s1. The molecule has 1 aromatic carbocycles. The zero-order valence-corrected chi connectivity index (χ0v) is 14.6. The summed E-state index contributed by atoms with van der Waals surface area (Å²) in [5.74, 6) is 1.88. The number of rotatable bonds is 5. The molecule has 0 radical (unpaired) electrons. The number of likely N-dealkylation sites (tertiary alicyclic amines) is 1. The number of hydrogen-bond donors (Lipinski definition) is 1. The summed E-state index contributed by atoms with van der Waals surface area (Å²) >= 11 is 6.17. The molecule has 1 saturated carbocycles. The van der Waals surface area contributed by atoms with Crippen LogP contribution < -0.4 is 10.1 Å². The fraction of sp³-hybridized carbons (Fsp3) is 0.611. The van der Waals surface area contributed by atoms with E-state index in [2.05, 4.69) is 17.1 Å². The Labute approximate surface area is 143 Å². The first-order chi connectivity index (χ1) is 11.1. The van der Waals surface area contributed by atoms with Crippen LogP contribution in [0.5, 0.6) is 5.75 Å². The van der Waals surface area contributed by atoms with Gasteiger partial charge in [-0.05, 0) is 42.9 Å². The summed E-state index contributed by atoms with van der Waals surface area (Å²) in [7, 11) is 1.62. The first kappa shape index (κ1) is 16.6. The van der Waals surface area contributed by atoms with E-state index in [1.165, 1.54) is 0 Å². The van der Waals surface area contributed by atoms with E-state index in [1.54, 1.807) is 7.11 Å². The Balaban J connectivity index is 1.51. The molecule has 4 nitrogen and oxygen atoms in total. The van der Waals surface area contributed by atoms with Crippen molar-refractivity contribution >= 4 is 17.5 Å². The number of nitrogens with one attached hydrogen (secondary N) is 1. The lowest BCUT2D eigenvalue weighted by Gasteiger charge is -2.37. The lowest BCUT2D eigenvalue weighted by molar-refractivity contribution is -0.134. The highest BCUT2D eigenvalue weighted by Gasteiger charge is 2.36. The van der Waals surface area contributed by atoms with E-state index >= 15 is 0 Å². The third-order valence-corrected chi connectivity index (χ3v) is 5.22. The van der Waals surface area contributed by atoms with Gasteiger partial charge in [0.15, 0.2) is 0 Å². The first-order valence-electron chi connectivity index (χ1n) is 8.43. The maximum atomic E-state index is 12.2. The van der Waals surface area contributed by atoms with Gasteiger partial charge in [0.2, 0.25) is 5.91 Å². The summed E-state index contributed by atoms with van der Waals surface area (Å²) in [6.45, 7) is 4.76. The van der Waals surface area contributed by atoms with Gasteiger partial charge in [-0.15, -0.1) is 0 Å². The van der Waals surface area contributed by atoms with Crippen LogP contribution >= 0.6 is 11.6 Å². The van der Waals surface area contributed by atoms with Crippen molar-refractivity contribution in [1.29, 1.82) is 0 Å². The number of halogens is 1. The number of amides is 1. The molecule has 0 aromatic heterocycles. The van der Waals surface area contributed by atoms with Gasteiger partial charge in [-0.2, -0.15) is 0 Å². The quantitative estimate of drug-likeness (QED) is 0.898. The van der Waals surface area contributed by atoms with E-state index in [4.69, 9.17) is 16.3 Å². The summed E-state index contributed by atoms with van der Waals surface area (Å²) in [6.07, 6.45) is 3.19. The minimum absolute atomic E-state index is 0.327. The molecule has 1 N–H and O–H groups in total. The Kier molecular flexibility index (Phi) is 5.12. The molecule has 0 spiro atoms. The van der Waals surface area contributed by atoms with Crippen LogP contribution in [-0.2, 0) is 11.3 Å². The zero-order valence-electron chi connectivity index (χ0n) is 13.8. The van der Waals surface area contributed by atoms with Crippen molar-refractivity contribution in [3.63, 3.8) is 0 Å². The molecule has 2 atom stereocenters. The highest BCUT2D eigenvalue weighted by atomic mass is 35.5. The number of piperidine rings is 1. The second-order valence-corrected chi connectivity index (χ2v) is 7.19. The van der Waals surface area contributed by atoms with Crippen molar-refractivity contribution in [3.8, 4) is 5.75 Å². The Morgan fingerprint density at radius 2 is 2.17 bits per heavy atom. The molecule has 3 rings (SSSR count). The van der Waals surface area contributed by atoms with E-state index < -0.39 is 0 Å². The second kappa shape index (κ2) is 7.10. The lowest BCUT2D eigenvalue weighted by Crippen LogP contribution is -2.50. The van der Waals surface area contributed by atoms with Gasteiger partial charge in [0, 0.05) is 31.6 Å². The van der Waals surface area contributed by atoms with Gasteiger partial charge in [0.05, 0.1) is 12.1 Å². The third kappa shape index (κ3) is 3.99. The van der Waals surface area contributed by atoms with Crippen molar-refractivity contribution in [2.24, 2.45) is 11.8 Å². The van der Waals surface area contributed by atoms with Crippen LogP contribution in [0.3, 0.4) is 0 Å². The zero-order chi connectivity index (χ0) is 16.4. The molecule has 1 aliphatic heterocycles. The molecule has 0 unspecified atom stereocenters. The number of ether oxygens (including phenoxy) is 1. The van der Waals surface area contributed by atoms with E-state index in [0.29, 0.717) is 34.6 Å². The number of benzene rings is 1. The number of methoxy groups -OCH3 is 1. The molecule has 126 valence electrons. The number of hydrogen-bond acceptors (Lipinski definition) is 3. The second-order valence-electron chi connectivity index (χ2n) is 6.78. The fourth-order valence-electron chi connectivity index (χ4n) is 3.31. The monoisotopic (exact) mass is 336 g/mol. The summed E-state index contributed by atoms with van der Waals surface area (Å²) < 4.78 is 5.18. The summed E-state index contributed by atoms with van der Waals surface area (Å²) in [5.41, 5.74) is 1.15. The average molecular weight is 337 g/mol. The van der Waals surface area contributed by atoms with Crippen molar-refractivity contribution < 1.29 is 9.53 Å². The Morgan fingerprint density at radius 3 is 2.78 bits per heavy atom. The van der Waals surface area contributed by atoms with Crippen molar-refractivity contribution in [2.45, 2.75) is 38.8 Å². The van der Waals surface area contributed by atoms with E-state index in [-0.39, 0.29) is 0 Å². The van der Waals surface area contributed by atoms with Crippen molar-refractivity contribution in [2.75, 3.05) is 20.2 Å². The van der Waals surface area contributed by atoms with E-state index in [9.17, 15) is 4.79 Å². The summed E-state index contributed by atoms with van der Waals surface area (Å²) in [5, 5.41) is 4.26. The SMILES string of the molecule is COc1ccc(CN[C@@H]2CCN(C(=O)C3CC3)C[C@H]2C)cc1Cl. The molecule has 1 saturated heterocycles. The largest absolute Gasteiger partial charge is 0.495 e. The van der Waals surface area contributed by atoms with Crippen molar-refractivity contribution in [3.05, 3.63) is 28.8 Å². The lowest BCUT2D eigenvalue weighted by atomic mass is 9.93.